The van der Waals surface area contributed by atoms with Crippen LogP contribution in [0.25, 0.3) is 0 Å². The van der Waals surface area contributed by atoms with Gasteiger partial charge in [0, 0.05) is 12.4 Å². The van der Waals surface area contributed by atoms with E-state index in [0.29, 0.717) is 25.8 Å². The third-order valence-electron chi connectivity index (χ3n) is 4.46. The lowest BCUT2D eigenvalue weighted by Crippen LogP contribution is -2.56. The standard InChI is InChI=1S/C16H16BN3O6/c21-15(14-18-5-6-19-14)20-7-10(8-20)25-11-2-1-9-3-4-17(24)26-13(9)12(11)16(22)23/h1-2,5-6,10,24H,3-4,7-8H2,(H,18,19)(H,22,23). The highest BCUT2D eigenvalue weighted by molar-refractivity contribution is 6.44. The smallest absolute Gasteiger partial charge is 0.522 e. The van der Waals surface area contributed by atoms with Crippen molar-refractivity contribution in [1.82, 2.24) is 14.9 Å². The minimum atomic E-state index is -1.19. The number of aryl methyl sites for hydroxylation is 1. The summed E-state index contributed by atoms with van der Waals surface area (Å²) in [6, 6.07) is 3.34. The van der Waals surface area contributed by atoms with Gasteiger partial charge in [0.2, 0.25) is 0 Å². The zero-order chi connectivity index (χ0) is 18.3. The average Bonchev–Trinajstić information content (AvgIpc) is 3.10. The Hall–Kier alpha value is -3.01. The number of carboxylic acids is 1. The molecular weight excluding hydrogens is 341 g/mol. The summed E-state index contributed by atoms with van der Waals surface area (Å²) < 4.78 is 11.1. The van der Waals surface area contributed by atoms with E-state index in [9.17, 15) is 19.7 Å². The van der Waals surface area contributed by atoms with Crippen molar-refractivity contribution in [1.29, 1.82) is 0 Å². The van der Waals surface area contributed by atoms with Crippen molar-refractivity contribution >= 4 is 19.0 Å². The number of nitrogens with zero attached hydrogens (tertiary/aromatic N) is 2. The van der Waals surface area contributed by atoms with Crippen molar-refractivity contribution in [3.8, 4) is 11.5 Å². The minimum Gasteiger partial charge on any atom is -0.535 e. The van der Waals surface area contributed by atoms with Crippen LogP contribution in [-0.2, 0) is 6.42 Å². The van der Waals surface area contributed by atoms with Crippen molar-refractivity contribution in [3.63, 3.8) is 0 Å². The Kier molecular flexibility index (Phi) is 4.04. The molecule has 0 spiro atoms. The number of likely N-dealkylation sites (tertiary alicyclic amines) is 1. The fourth-order valence-corrected chi connectivity index (χ4v) is 3.10. The molecule has 2 aliphatic rings. The van der Waals surface area contributed by atoms with Gasteiger partial charge in [-0.25, -0.2) is 9.78 Å². The summed E-state index contributed by atoms with van der Waals surface area (Å²) in [5.74, 6) is -0.845. The molecule has 0 bridgehead atoms. The van der Waals surface area contributed by atoms with E-state index in [0.717, 1.165) is 5.56 Å². The van der Waals surface area contributed by atoms with Gasteiger partial charge < -0.3 is 29.4 Å². The molecule has 2 aliphatic heterocycles. The van der Waals surface area contributed by atoms with Crippen LogP contribution in [0.1, 0.15) is 26.5 Å². The molecule has 4 rings (SSSR count). The summed E-state index contributed by atoms with van der Waals surface area (Å²) in [4.78, 5) is 32.0. The number of hydrogen-bond acceptors (Lipinski definition) is 6. The number of hydrogen-bond donors (Lipinski definition) is 3. The molecule has 0 unspecified atom stereocenters. The van der Waals surface area contributed by atoms with Crippen LogP contribution in [-0.4, -0.2) is 63.2 Å². The highest BCUT2D eigenvalue weighted by atomic mass is 16.5. The van der Waals surface area contributed by atoms with Crippen LogP contribution in [0.4, 0.5) is 0 Å². The first-order valence-corrected chi connectivity index (χ1v) is 8.22. The number of H-pyrrole nitrogens is 1. The van der Waals surface area contributed by atoms with Crippen molar-refractivity contribution in [2.45, 2.75) is 18.8 Å². The van der Waals surface area contributed by atoms with Crippen LogP contribution in [0.5, 0.6) is 11.5 Å². The van der Waals surface area contributed by atoms with Gasteiger partial charge >= 0.3 is 13.1 Å². The molecule has 1 amide bonds. The fraction of sp³-hybridized carbons (Fsp3) is 0.312. The number of aromatic amines is 1. The van der Waals surface area contributed by atoms with Crippen molar-refractivity contribution in [3.05, 3.63) is 41.5 Å². The van der Waals surface area contributed by atoms with E-state index < -0.39 is 13.1 Å². The van der Waals surface area contributed by atoms with E-state index in [-0.39, 0.29) is 34.9 Å². The molecule has 0 atom stereocenters. The van der Waals surface area contributed by atoms with E-state index in [2.05, 4.69) is 9.97 Å². The third-order valence-corrected chi connectivity index (χ3v) is 4.46. The molecule has 1 fully saturated rings. The zero-order valence-corrected chi connectivity index (χ0v) is 13.7. The molecule has 134 valence electrons. The molecule has 26 heavy (non-hydrogen) atoms. The first kappa shape index (κ1) is 16.5. The Morgan fingerprint density at radius 1 is 1.38 bits per heavy atom. The quantitative estimate of drug-likeness (QED) is 0.678. The highest BCUT2D eigenvalue weighted by Crippen LogP contribution is 2.37. The maximum Gasteiger partial charge on any atom is 0.522 e. The molecule has 9 nitrogen and oxygen atoms in total. The van der Waals surface area contributed by atoms with Gasteiger partial charge in [0.1, 0.15) is 23.2 Å². The Balaban J connectivity index is 1.48. The summed E-state index contributed by atoms with van der Waals surface area (Å²) in [5, 5.41) is 19.2. The Morgan fingerprint density at radius 2 is 2.19 bits per heavy atom. The molecule has 0 radical (unpaired) electrons. The molecule has 1 aromatic heterocycles. The molecule has 3 heterocycles. The summed E-state index contributed by atoms with van der Waals surface area (Å²) in [6.45, 7) is 0.665. The summed E-state index contributed by atoms with van der Waals surface area (Å²) in [6.07, 6.45) is 3.70. The molecule has 3 N–H and O–H groups in total. The topological polar surface area (TPSA) is 125 Å². The number of aromatic nitrogens is 2. The Morgan fingerprint density at radius 3 is 2.88 bits per heavy atom. The van der Waals surface area contributed by atoms with Gasteiger partial charge in [-0.1, -0.05) is 6.07 Å². The first-order valence-electron chi connectivity index (χ1n) is 8.22. The van der Waals surface area contributed by atoms with Gasteiger partial charge in [0.15, 0.2) is 5.82 Å². The maximum atomic E-state index is 12.1. The first-order chi connectivity index (χ1) is 12.5. The van der Waals surface area contributed by atoms with E-state index in [1.165, 1.54) is 6.20 Å². The third kappa shape index (κ3) is 2.88. The van der Waals surface area contributed by atoms with Crippen LogP contribution in [0.2, 0.25) is 6.32 Å². The summed E-state index contributed by atoms with van der Waals surface area (Å²) in [5.41, 5.74) is 0.625. The lowest BCUT2D eigenvalue weighted by Gasteiger charge is -2.38. The van der Waals surface area contributed by atoms with Gasteiger partial charge in [-0.2, -0.15) is 0 Å². The predicted octanol–water partition coefficient (Wildman–Crippen LogP) is 0.427. The van der Waals surface area contributed by atoms with Gasteiger partial charge in [-0.05, 0) is 24.4 Å². The number of rotatable bonds is 4. The van der Waals surface area contributed by atoms with E-state index >= 15 is 0 Å². The zero-order valence-electron chi connectivity index (χ0n) is 13.7. The molecule has 1 aromatic carbocycles. The number of amides is 1. The average molecular weight is 357 g/mol. The summed E-state index contributed by atoms with van der Waals surface area (Å²) >= 11 is 0. The maximum absolute atomic E-state index is 12.1. The van der Waals surface area contributed by atoms with E-state index in [4.69, 9.17) is 9.39 Å². The van der Waals surface area contributed by atoms with Gasteiger partial charge in [-0.15, -0.1) is 0 Å². The lowest BCUT2D eigenvalue weighted by atomic mass is 9.78. The normalized spacial score (nSPS) is 16.5. The van der Waals surface area contributed by atoms with Gasteiger partial charge in [-0.3, -0.25) is 4.79 Å². The second-order valence-electron chi connectivity index (χ2n) is 6.23. The van der Waals surface area contributed by atoms with Crippen molar-refractivity contribution in [2.24, 2.45) is 0 Å². The fourth-order valence-electron chi connectivity index (χ4n) is 3.10. The molecular formula is C16H16BN3O6. The van der Waals surface area contributed by atoms with Crippen LogP contribution in [0.3, 0.4) is 0 Å². The van der Waals surface area contributed by atoms with Crippen LogP contribution in [0.15, 0.2) is 24.5 Å². The number of carbonyl (C=O) groups is 2. The number of carbonyl (C=O) groups excluding carboxylic acids is 1. The number of carboxylic acid groups (broad SMARTS) is 1. The Bertz CT molecular complexity index is 850. The number of fused-ring (bicyclic) bond motifs is 1. The predicted molar refractivity (Wildman–Crippen MR) is 89.4 cm³/mol. The monoisotopic (exact) mass is 357 g/mol. The second-order valence-corrected chi connectivity index (χ2v) is 6.23. The highest BCUT2D eigenvalue weighted by Gasteiger charge is 2.36. The number of imidazole rings is 1. The molecule has 10 heteroatoms. The number of aromatic carboxylic acids is 1. The Labute approximate surface area is 148 Å². The van der Waals surface area contributed by atoms with E-state index in [1.54, 1.807) is 23.2 Å². The molecule has 0 saturated carbocycles. The number of nitrogens with one attached hydrogen (secondary N) is 1. The van der Waals surface area contributed by atoms with Crippen LogP contribution in [0, 0.1) is 0 Å². The number of benzene rings is 1. The second kappa shape index (κ2) is 6.38. The molecule has 1 saturated heterocycles. The van der Waals surface area contributed by atoms with Crippen molar-refractivity contribution in [2.75, 3.05) is 13.1 Å². The molecule has 0 aliphatic carbocycles. The van der Waals surface area contributed by atoms with Crippen LogP contribution >= 0.6 is 0 Å². The van der Waals surface area contributed by atoms with Crippen LogP contribution < -0.4 is 9.39 Å². The largest absolute Gasteiger partial charge is 0.535 e. The van der Waals surface area contributed by atoms with E-state index in [1.807, 2.05) is 0 Å². The molecule has 2 aromatic rings. The SMILES string of the molecule is O=C(O)c1c(OC2CN(C(=O)c3ncc[nH]3)C2)ccc2c1OB(O)CC2. The lowest BCUT2D eigenvalue weighted by molar-refractivity contribution is 0.0161. The summed E-state index contributed by atoms with van der Waals surface area (Å²) in [7, 11) is -1.03. The van der Waals surface area contributed by atoms with Gasteiger partial charge in [0.25, 0.3) is 5.91 Å². The van der Waals surface area contributed by atoms with Gasteiger partial charge in [0.05, 0.1) is 13.1 Å². The number of ether oxygens (including phenoxy) is 1. The minimum absolute atomic E-state index is 0.0999. The van der Waals surface area contributed by atoms with Crippen molar-refractivity contribution < 1.29 is 29.1 Å².